The van der Waals surface area contributed by atoms with Crippen molar-refractivity contribution in [2.45, 2.75) is 174 Å². The third kappa shape index (κ3) is 35.0. The van der Waals surface area contributed by atoms with Crippen LogP contribution in [0.15, 0.2) is 48.6 Å². The van der Waals surface area contributed by atoms with Gasteiger partial charge in [0.25, 0.3) is 0 Å². The van der Waals surface area contributed by atoms with Crippen molar-refractivity contribution in [3.05, 3.63) is 48.6 Å². The van der Waals surface area contributed by atoms with Gasteiger partial charge >= 0.3 is 5.97 Å². The highest BCUT2D eigenvalue weighted by molar-refractivity contribution is 5.84. The molecule has 0 saturated carbocycles. The minimum Gasteiger partial charge on any atom is -0.464 e. The topological polar surface area (TPSA) is 55.4 Å². The van der Waals surface area contributed by atoms with Gasteiger partial charge in [-0.05, 0) is 77.0 Å². The molecule has 47 heavy (non-hydrogen) atoms. The maximum Gasteiger partial charge on any atom is 0.334 e. The number of nitrogens with zero attached hydrogens (tertiary/aromatic N) is 1. The van der Waals surface area contributed by atoms with E-state index in [1.807, 2.05) is 21.1 Å². The minimum atomic E-state index is -0.593. The van der Waals surface area contributed by atoms with Crippen LogP contribution in [-0.2, 0) is 14.3 Å². The summed E-state index contributed by atoms with van der Waals surface area (Å²) in [5.41, 5.74) is 0. The number of likely N-dealkylation sites (N-methyl/N-ethyl adjacent to an activating group) is 1. The molecule has 0 fully saturated rings. The molecule has 0 spiro atoms. The van der Waals surface area contributed by atoms with E-state index in [9.17, 15) is 9.59 Å². The number of hydrogen-bond acceptors (Lipinski definition) is 3. The molecular weight excluding hydrogens is 580 g/mol. The number of esters is 1. The maximum absolute atomic E-state index is 12.9. The number of carbonyl (C=O) groups excluding carboxylic acids is 2. The quantitative estimate of drug-likeness (QED) is 0.0331. The van der Waals surface area contributed by atoms with Gasteiger partial charge in [0.15, 0.2) is 6.04 Å². The van der Waals surface area contributed by atoms with Crippen molar-refractivity contribution in [2.75, 3.05) is 34.3 Å². The van der Waals surface area contributed by atoms with Gasteiger partial charge in [0, 0.05) is 6.42 Å². The van der Waals surface area contributed by atoms with E-state index in [2.05, 4.69) is 67.8 Å². The molecule has 1 N–H and O–H groups in total. The average molecular weight is 658 g/mol. The SMILES string of the molecule is CCCCC/C=C\C/C=C\CCCCCCCCOC(=O)C(C[N+](C)(C)C)NC(=O)CCCCCCC/C=C\C/C=C\CCCCC. The van der Waals surface area contributed by atoms with Gasteiger partial charge in [0.1, 0.15) is 6.54 Å². The molecule has 1 amide bonds. The van der Waals surface area contributed by atoms with E-state index >= 15 is 0 Å². The molecule has 0 bridgehead atoms. The summed E-state index contributed by atoms with van der Waals surface area (Å²) in [6, 6.07) is -0.593. The highest BCUT2D eigenvalue weighted by Crippen LogP contribution is 2.11. The Morgan fingerprint density at radius 1 is 0.553 bits per heavy atom. The molecule has 0 aromatic heterocycles. The summed E-state index contributed by atoms with van der Waals surface area (Å²) in [5.74, 6) is -0.339. The lowest BCUT2D eigenvalue weighted by molar-refractivity contribution is -0.870. The van der Waals surface area contributed by atoms with Crippen LogP contribution in [0, 0.1) is 0 Å². The number of unbranched alkanes of at least 4 members (excludes halogenated alkanes) is 17. The lowest BCUT2D eigenvalue weighted by Crippen LogP contribution is -2.53. The molecule has 0 aliphatic heterocycles. The predicted molar refractivity (Wildman–Crippen MR) is 205 cm³/mol. The molecular formula is C42H77N2O3+. The van der Waals surface area contributed by atoms with Gasteiger partial charge in [-0.1, -0.05) is 133 Å². The summed E-state index contributed by atoms with van der Waals surface area (Å²) in [4.78, 5) is 25.5. The second-order valence-corrected chi connectivity index (χ2v) is 14.3. The first-order chi connectivity index (χ1) is 22.8. The predicted octanol–water partition coefficient (Wildman–Crippen LogP) is 11.3. The summed E-state index contributed by atoms with van der Waals surface area (Å²) in [7, 11) is 6.11. The number of nitrogens with one attached hydrogen (secondary N) is 1. The highest BCUT2D eigenvalue weighted by Gasteiger charge is 2.28. The third-order valence-corrected chi connectivity index (χ3v) is 8.29. The molecule has 0 aliphatic rings. The van der Waals surface area contributed by atoms with Crippen LogP contribution in [0.3, 0.4) is 0 Å². The van der Waals surface area contributed by atoms with Crippen molar-refractivity contribution >= 4 is 11.9 Å². The van der Waals surface area contributed by atoms with Crippen molar-refractivity contribution in [2.24, 2.45) is 0 Å². The Morgan fingerprint density at radius 3 is 1.40 bits per heavy atom. The van der Waals surface area contributed by atoms with Gasteiger partial charge in [-0.3, -0.25) is 4.79 Å². The minimum absolute atomic E-state index is 0.0419. The molecule has 0 heterocycles. The number of ether oxygens (including phenoxy) is 1. The van der Waals surface area contributed by atoms with Crippen molar-refractivity contribution < 1.29 is 18.8 Å². The molecule has 1 unspecified atom stereocenters. The van der Waals surface area contributed by atoms with Crippen LogP contribution in [-0.4, -0.2) is 56.7 Å². The fraction of sp³-hybridized carbons (Fsp3) is 0.762. The van der Waals surface area contributed by atoms with Crippen LogP contribution < -0.4 is 5.32 Å². The van der Waals surface area contributed by atoms with Crippen molar-refractivity contribution in [3.8, 4) is 0 Å². The Morgan fingerprint density at radius 2 is 0.957 bits per heavy atom. The Labute approximate surface area is 292 Å². The second kappa shape index (κ2) is 33.7. The summed E-state index contributed by atoms with van der Waals surface area (Å²) in [6.07, 6.45) is 45.8. The van der Waals surface area contributed by atoms with E-state index in [0.29, 0.717) is 24.1 Å². The third-order valence-electron chi connectivity index (χ3n) is 8.29. The van der Waals surface area contributed by atoms with Crippen molar-refractivity contribution in [1.82, 2.24) is 5.32 Å². The van der Waals surface area contributed by atoms with E-state index in [4.69, 9.17) is 4.74 Å². The van der Waals surface area contributed by atoms with E-state index < -0.39 is 6.04 Å². The summed E-state index contributed by atoms with van der Waals surface area (Å²) >= 11 is 0. The Balaban J connectivity index is 3.96. The van der Waals surface area contributed by atoms with Crippen LogP contribution >= 0.6 is 0 Å². The number of allylic oxidation sites excluding steroid dienone is 8. The van der Waals surface area contributed by atoms with E-state index in [1.165, 1.54) is 89.9 Å². The fourth-order valence-corrected chi connectivity index (χ4v) is 5.45. The molecule has 5 heteroatoms. The van der Waals surface area contributed by atoms with Gasteiger partial charge in [-0.15, -0.1) is 0 Å². The van der Waals surface area contributed by atoms with Gasteiger partial charge in [-0.25, -0.2) is 4.79 Å². The Kier molecular flexibility index (Phi) is 32.2. The molecule has 0 aromatic carbocycles. The van der Waals surface area contributed by atoms with Crippen LogP contribution in [0.25, 0.3) is 0 Å². The molecule has 0 saturated heterocycles. The normalized spacial score (nSPS) is 13.0. The zero-order valence-corrected chi connectivity index (χ0v) is 31.8. The summed E-state index contributed by atoms with van der Waals surface area (Å²) < 4.78 is 6.21. The smallest absolute Gasteiger partial charge is 0.334 e. The second-order valence-electron chi connectivity index (χ2n) is 14.3. The van der Waals surface area contributed by atoms with Crippen molar-refractivity contribution in [3.63, 3.8) is 0 Å². The van der Waals surface area contributed by atoms with E-state index in [-0.39, 0.29) is 11.9 Å². The maximum atomic E-state index is 12.9. The molecule has 5 nitrogen and oxygen atoms in total. The van der Waals surface area contributed by atoms with Crippen LogP contribution in [0.4, 0.5) is 0 Å². The van der Waals surface area contributed by atoms with Crippen molar-refractivity contribution in [1.29, 1.82) is 0 Å². The zero-order chi connectivity index (χ0) is 34.7. The highest BCUT2D eigenvalue weighted by atomic mass is 16.5. The molecule has 1 atom stereocenters. The molecule has 0 rings (SSSR count). The lowest BCUT2D eigenvalue weighted by atomic mass is 10.1. The lowest BCUT2D eigenvalue weighted by Gasteiger charge is -2.28. The molecule has 0 aliphatic carbocycles. The van der Waals surface area contributed by atoms with Crippen LogP contribution in [0.2, 0.25) is 0 Å². The number of amides is 1. The summed E-state index contributed by atoms with van der Waals surface area (Å²) in [6.45, 7) is 5.45. The van der Waals surface area contributed by atoms with E-state index in [0.717, 1.165) is 57.8 Å². The average Bonchev–Trinajstić information content (AvgIpc) is 3.03. The number of carbonyl (C=O) groups is 2. The number of rotatable bonds is 33. The fourth-order valence-electron chi connectivity index (χ4n) is 5.45. The van der Waals surface area contributed by atoms with E-state index in [1.54, 1.807) is 0 Å². The molecule has 0 aromatic rings. The van der Waals surface area contributed by atoms with Gasteiger partial charge in [0.05, 0.1) is 27.7 Å². The largest absolute Gasteiger partial charge is 0.464 e. The van der Waals surface area contributed by atoms with Crippen LogP contribution in [0.5, 0.6) is 0 Å². The monoisotopic (exact) mass is 658 g/mol. The molecule has 272 valence electrons. The number of quaternary nitrogens is 1. The first-order valence-corrected chi connectivity index (χ1v) is 19.7. The van der Waals surface area contributed by atoms with Gasteiger partial charge in [0.2, 0.25) is 5.91 Å². The standard InChI is InChI=1S/C42H76N2O3/c1-6-8-10-12-14-16-18-20-22-24-26-28-30-32-34-36-38-47-42(46)40(39-44(3,4)5)43-41(45)37-35-33-31-29-27-25-23-21-19-17-15-13-11-9-7-2/h14-17,20-23,40H,6-13,18-19,24-39H2,1-5H3/p+1/b16-14-,17-15-,22-20-,23-21-. The van der Waals surface area contributed by atoms with Crippen LogP contribution in [0.1, 0.15) is 168 Å². The Hall–Kier alpha value is -2.14. The summed E-state index contributed by atoms with van der Waals surface area (Å²) in [5, 5.41) is 2.98. The molecule has 0 radical (unpaired) electrons. The first kappa shape index (κ1) is 44.9. The zero-order valence-electron chi connectivity index (χ0n) is 31.8. The van der Waals surface area contributed by atoms with Gasteiger partial charge < -0.3 is 14.5 Å². The van der Waals surface area contributed by atoms with Gasteiger partial charge in [-0.2, -0.15) is 0 Å². The number of hydrogen-bond donors (Lipinski definition) is 1. The first-order valence-electron chi connectivity index (χ1n) is 19.7. The Bertz CT molecular complexity index is 837.